The van der Waals surface area contributed by atoms with Gasteiger partial charge in [0.05, 0.1) is 30.8 Å². The lowest BCUT2D eigenvalue weighted by molar-refractivity contribution is -0.139. The van der Waals surface area contributed by atoms with E-state index in [1.807, 2.05) is 0 Å². The number of cyclic esters (lactones) is 2. The fourth-order valence-corrected chi connectivity index (χ4v) is 5.84. The van der Waals surface area contributed by atoms with Crippen LogP contribution < -0.4 is 0 Å². The zero-order chi connectivity index (χ0) is 16.1. The van der Waals surface area contributed by atoms with E-state index in [1.54, 1.807) is 19.1 Å². The van der Waals surface area contributed by atoms with E-state index >= 15 is 0 Å². The van der Waals surface area contributed by atoms with Crippen molar-refractivity contribution in [3.8, 4) is 0 Å². The number of carbonyl (C=O) groups excluding carboxylic acids is 2. The van der Waals surface area contributed by atoms with Crippen molar-refractivity contribution in [2.75, 3.05) is 11.5 Å². The molecule has 0 radical (unpaired) electrons. The Morgan fingerprint density at radius 3 is 2.18 bits per heavy atom. The van der Waals surface area contributed by atoms with Gasteiger partial charge in [0, 0.05) is 28.8 Å². The van der Waals surface area contributed by atoms with Gasteiger partial charge in [-0.05, 0) is 19.1 Å². The molecular formula is C14H18O6S2. The molecule has 0 aromatic carbocycles. The molecular weight excluding hydrogens is 328 g/mol. The molecule has 0 saturated heterocycles. The molecule has 5 atom stereocenters. The highest BCUT2D eigenvalue weighted by molar-refractivity contribution is 8.09. The Hall–Kier alpha value is -0.960. The SMILES string of the molecule is CC[S+]([O-])C(CC1C=COC1=O)[S+]([O-])CCC1C=COC1=O. The van der Waals surface area contributed by atoms with E-state index in [9.17, 15) is 18.7 Å². The van der Waals surface area contributed by atoms with Crippen molar-refractivity contribution in [2.24, 2.45) is 11.8 Å². The van der Waals surface area contributed by atoms with Crippen molar-refractivity contribution >= 4 is 34.3 Å². The molecule has 2 heterocycles. The Bertz CT molecular complexity index is 478. The number of hydrogen-bond acceptors (Lipinski definition) is 6. The summed E-state index contributed by atoms with van der Waals surface area (Å²) in [6.45, 7) is 1.75. The zero-order valence-corrected chi connectivity index (χ0v) is 13.8. The molecule has 2 aliphatic heterocycles. The monoisotopic (exact) mass is 346 g/mol. The topological polar surface area (TPSA) is 98.7 Å². The van der Waals surface area contributed by atoms with E-state index in [4.69, 9.17) is 9.47 Å². The van der Waals surface area contributed by atoms with Gasteiger partial charge in [0.1, 0.15) is 11.5 Å². The van der Waals surface area contributed by atoms with Crippen molar-refractivity contribution in [1.29, 1.82) is 0 Å². The van der Waals surface area contributed by atoms with E-state index in [1.165, 1.54) is 12.5 Å². The number of ether oxygens (including phenoxy) is 2. The molecule has 0 aliphatic carbocycles. The maximum Gasteiger partial charge on any atom is 0.318 e. The Balaban J connectivity index is 1.92. The van der Waals surface area contributed by atoms with Crippen LogP contribution in [0.1, 0.15) is 19.8 Å². The van der Waals surface area contributed by atoms with Gasteiger partial charge in [-0.25, -0.2) is 0 Å². The van der Waals surface area contributed by atoms with Gasteiger partial charge in [-0.1, -0.05) is 0 Å². The summed E-state index contributed by atoms with van der Waals surface area (Å²) in [5.74, 6) is -1.04. The van der Waals surface area contributed by atoms with Crippen LogP contribution >= 0.6 is 0 Å². The zero-order valence-electron chi connectivity index (χ0n) is 12.1. The van der Waals surface area contributed by atoms with Gasteiger partial charge in [-0.3, -0.25) is 9.59 Å². The quantitative estimate of drug-likeness (QED) is 0.480. The second kappa shape index (κ2) is 8.05. The van der Waals surface area contributed by atoms with Gasteiger partial charge in [0.2, 0.25) is 0 Å². The first kappa shape index (κ1) is 17.4. The molecule has 0 bridgehead atoms. The van der Waals surface area contributed by atoms with Gasteiger partial charge in [-0.15, -0.1) is 0 Å². The molecule has 8 heteroatoms. The molecule has 0 aromatic heterocycles. The molecule has 5 unspecified atom stereocenters. The average molecular weight is 346 g/mol. The van der Waals surface area contributed by atoms with Crippen LogP contribution in [0.15, 0.2) is 24.7 Å². The summed E-state index contributed by atoms with van der Waals surface area (Å²) >= 11 is -2.69. The Morgan fingerprint density at radius 1 is 1.09 bits per heavy atom. The van der Waals surface area contributed by atoms with Gasteiger partial charge >= 0.3 is 11.9 Å². The molecule has 2 aliphatic rings. The van der Waals surface area contributed by atoms with Crippen LogP contribution in [-0.2, 0) is 41.4 Å². The first-order chi connectivity index (χ1) is 10.5. The van der Waals surface area contributed by atoms with Crippen LogP contribution in [0.5, 0.6) is 0 Å². The number of rotatable bonds is 8. The van der Waals surface area contributed by atoms with Crippen LogP contribution in [0, 0.1) is 11.8 Å². The van der Waals surface area contributed by atoms with E-state index < -0.39 is 44.7 Å². The van der Waals surface area contributed by atoms with Crippen LogP contribution in [0.2, 0.25) is 0 Å². The maximum absolute atomic E-state index is 12.5. The van der Waals surface area contributed by atoms with Crippen molar-refractivity contribution in [1.82, 2.24) is 0 Å². The molecule has 2 rings (SSSR count). The molecule has 0 N–H and O–H groups in total. The average Bonchev–Trinajstić information content (AvgIpc) is 3.10. The third kappa shape index (κ3) is 4.28. The molecule has 122 valence electrons. The highest BCUT2D eigenvalue weighted by atomic mass is 32.3. The number of carbonyl (C=O) groups is 2. The van der Waals surface area contributed by atoms with Crippen molar-refractivity contribution in [3.63, 3.8) is 0 Å². The Morgan fingerprint density at radius 2 is 1.68 bits per heavy atom. The second-order valence-corrected chi connectivity index (χ2v) is 8.90. The lowest BCUT2D eigenvalue weighted by Gasteiger charge is -2.24. The fraction of sp³-hybridized carbons (Fsp3) is 0.571. The van der Waals surface area contributed by atoms with E-state index in [-0.39, 0.29) is 18.1 Å². The summed E-state index contributed by atoms with van der Waals surface area (Å²) in [5, 5.41) is 0. The van der Waals surface area contributed by atoms with Crippen molar-refractivity contribution in [2.45, 2.75) is 24.3 Å². The number of esters is 2. The Labute approximate surface area is 135 Å². The molecule has 0 aromatic rings. The summed E-state index contributed by atoms with van der Waals surface area (Å²) in [5.41, 5.74) is 0. The number of hydrogen-bond donors (Lipinski definition) is 0. The standard InChI is InChI=1S/C14H18O6S2/c1-2-21(17)12(9-11-4-7-20-14(11)16)22(18)8-5-10-3-6-19-13(10)15/h3-4,6-7,10-12H,2,5,8-9H2,1H3. The summed E-state index contributed by atoms with van der Waals surface area (Å²) in [4.78, 5) is 22.9. The molecule has 0 fully saturated rings. The van der Waals surface area contributed by atoms with E-state index in [2.05, 4.69) is 0 Å². The van der Waals surface area contributed by atoms with Crippen LogP contribution in [-0.4, -0.2) is 37.1 Å². The van der Waals surface area contributed by atoms with Crippen LogP contribution in [0.3, 0.4) is 0 Å². The van der Waals surface area contributed by atoms with Gasteiger partial charge < -0.3 is 18.6 Å². The molecule has 0 amide bonds. The summed E-state index contributed by atoms with van der Waals surface area (Å²) in [7, 11) is 0. The summed E-state index contributed by atoms with van der Waals surface area (Å²) < 4.78 is 33.4. The third-order valence-corrected chi connectivity index (χ3v) is 7.60. The largest absolute Gasteiger partial charge is 0.612 e. The predicted octanol–water partition coefficient (Wildman–Crippen LogP) is 0.983. The smallest absolute Gasteiger partial charge is 0.318 e. The minimum Gasteiger partial charge on any atom is -0.612 e. The van der Waals surface area contributed by atoms with Gasteiger partial charge in [0.15, 0.2) is 0 Å². The van der Waals surface area contributed by atoms with Gasteiger partial charge in [0.25, 0.3) is 4.58 Å². The lowest BCUT2D eigenvalue weighted by atomic mass is 10.1. The normalized spacial score (nSPS) is 27.6. The fourth-order valence-electron chi connectivity index (χ4n) is 2.23. The summed E-state index contributed by atoms with van der Waals surface area (Å²) in [6.07, 6.45) is 6.47. The highest BCUT2D eigenvalue weighted by Gasteiger charge is 2.39. The third-order valence-electron chi connectivity index (χ3n) is 3.54. The van der Waals surface area contributed by atoms with Crippen molar-refractivity contribution < 1.29 is 28.2 Å². The molecule has 6 nitrogen and oxygen atoms in total. The highest BCUT2D eigenvalue weighted by Crippen LogP contribution is 2.26. The van der Waals surface area contributed by atoms with Crippen LogP contribution in [0.25, 0.3) is 0 Å². The van der Waals surface area contributed by atoms with Crippen LogP contribution in [0.4, 0.5) is 0 Å². The molecule has 0 spiro atoms. The molecule has 0 saturated carbocycles. The van der Waals surface area contributed by atoms with E-state index in [0.717, 1.165) is 0 Å². The summed E-state index contributed by atoms with van der Waals surface area (Å²) in [6, 6.07) is 0. The Kier molecular flexibility index (Phi) is 6.37. The minimum absolute atomic E-state index is 0.230. The predicted molar refractivity (Wildman–Crippen MR) is 82.2 cm³/mol. The first-order valence-electron chi connectivity index (χ1n) is 7.01. The maximum atomic E-state index is 12.5. The minimum atomic E-state index is -1.39. The molecule has 22 heavy (non-hydrogen) atoms. The lowest BCUT2D eigenvalue weighted by Crippen LogP contribution is -2.36. The van der Waals surface area contributed by atoms with Crippen molar-refractivity contribution in [3.05, 3.63) is 24.7 Å². The second-order valence-electron chi connectivity index (χ2n) is 4.95. The van der Waals surface area contributed by atoms with Gasteiger partial charge in [-0.2, -0.15) is 0 Å². The van der Waals surface area contributed by atoms with E-state index in [0.29, 0.717) is 12.2 Å². The first-order valence-corrected chi connectivity index (χ1v) is 9.78.